The van der Waals surface area contributed by atoms with E-state index in [1.165, 1.54) is 0 Å². The third-order valence-electron chi connectivity index (χ3n) is 4.27. The van der Waals surface area contributed by atoms with Gasteiger partial charge in [0.05, 0.1) is 29.3 Å². The molecule has 0 radical (unpaired) electrons. The van der Waals surface area contributed by atoms with Crippen LogP contribution in [0.25, 0.3) is 0 Å². The molecule has 2 aromatic rings. The van der Waals surface area contributed by atoms with Gasteiger partial charge in [-0.2, -0.15) is 0 Å². The van der Waals surface area contributed by atoms with Crippen LogP contribution in [0.5, 0.6) is 11.5 Å². The second kappa shape index (κ2) is 8.19. The zero-order valence-electron chi connectivity index (χ0n) is 14.7. The highest BCUT2D eigenvalue weighted by Crippen LogP contribution is 2.34. The van der Waals surface area contributed by atoms with Crippen molar-refractivity contribution in [2.24, 2.45) is 5.92 Å². The topological polar surface area (TPSA) is 47.6 Å². The van der Waals surface area contributed by atoms with Crippen LogP contribution in [0.3, 0.4) is 0 Å². The number of rotatable bonds is 4. The van der Waals surface area contributed by atoms with Gasteiger partial charge in [0.15, 0.2) is 11.5 Å². The van der Waals surface area contributed by atoms with Gasteiger partial charge in [-0.1, -0.05) is 43.1 Å². The van der Waals surface area contributed by atoms with E-state index >= 15 is 0 Å². The van der Waals surface area contributed by atoms with Crippen molar-refractivity contribution < 1.29 is 14.3 Å². The predicted octanol–water partition coefficient (Wildman–Crippen LogP) is 5.28. The highest BCUT2D eigenvalue weighted by molar-refractivity contribution is 6.42. The number of benzene rings is 2. The molecule has 0 unspecified atom stereocenters. The van der Waals surface area contributed by atoms with Crippen LogP contribution in [0.4, 0.5) is 0 Å². The van der Waals surface area contributed by atoms with Crippen LogP contribution in [-0.4, -0.2) is 19.1 Å². The summed E-state index contributed by atoms with van der Waals surface area (Å²) in [6.45, 7) is 5.39. The molecule has 6 heteroatoms. The number of carbonyl (C=O) groups is 1. The Morgan fingerprint density at radius 3 is 2.42 bits per heavy atom. The van der Waals surface area contributed by atoms with Crippen LogP contribution in [0.15, 0.2) is 36.4 Å². The molecule has 138 valence electrons. The van der Waals surface area contributed by atoms with Gasteiger partial charge in [0, 0.05) is 12.0 Å². The van der Waals surface area contributed by atoms with Gasteiger partial charge in [-0.15, -0.1) is 0 Å². The number of fused-ring (bicyclic) bond motifs is 1. The van der Waals surface area contributed by atoms with Crippen LogP contribution in [0.1, 0.15) is 42.2 Å². The minimum absolute atomic E-state index is 0.172. The summed E-state index contributed by atoms with van der Waals surface area (Å²) in [5.74, 6) is 1.44. The SMILES string of the molecule is CC(C)[C@@H](NC(=O)c1ccc(Cl)c(Cl)c1)c1ccc2c(c1)OCCCO2. The summed E-state index contributed by atoms with van der Waals surface area (Å²) in [5.41, 5.74) is 1.44. The standard InChI is InChI=1S/C20H21Cl2NO3/c1-12(2)19(23-20(24)14-4-6-15(21)16(22)10-14)13-5-7-17-18(11-13)26-9-3-8-25-17/h4-7,10-12,19H,3,8-9H2,1-2H3,(H,23,24)/t19-/m1/s1. The maximum Gasteiger partial charge on any atom is 0.251 e. The Morgan fingerprint density at radius 1 is 1.00 bits per heavy atom. The Bertz CT molecular complexity index is 808. The third kappa shape index (κ3) is 4.25. The summed E-state index contributed by atoms with van der Waals surface area (Å²) >= 11 is 12.0. The van der Waals surface area contributed by atoms with E-state index in [-0.39, 0.29) is 17.9 Å². The van der Waals surface area contributed by atoms with E-state index in [0.717, 1.165) is 23.5 Å². The Hall–Kier alpha value is -1.91. The van der Waals surface area contributed by atoms with Crippen LogP contribution < -0.4 is 14.8 Å². The van der Waals surface area contributed by atoms with Gasteiger partial charge in [0.1, 0.15) is 0 Å². The molecule has 3 rings (SSSR count). The summed E-state index contributed by atoms with van der Waals surface area (Å²) < 4.78 is 11.4. The van der Waals surface area contributed by atoms with E-state index in [1.807, 2.05) is 18.2 Å². The Balaban J connectivity index is 1.84. The average molecular weight is 394 g/mol. The molecule has 0 aromatic heterocycles. The second-order valence-corrected chi connectivity index (χ2v) is 7.40. The van der Waals surface area contributed by atoms with Gasteiger partial charge in [0.2, 0.25) is 0 Å². The molecule has 0 fully saturated rings. The molecule has 0 saturated carbocycles. The molecule has 0 aliphatic carbocycles. The molecular formula is C20H21Cl2NO3. The number of carbonyl (C=O) groups excluding carboxylic acids is 1. The fourth-order valence-corrected chi connectivity index (χ4v) is 3.17. The van der Waals surface area contributed by atoms with Crippen molar-refractivity contribution in [3.05, 3.63) is 57.6 Å². The van der Waals surface area contributed by atoms with Crippen LogP contribution >= 0.6 is 23.2 Å². The van der Waals surface area contributed by atoms with Gasteiger partial charge in [-0.25, -0.2) is 0 Å². The van der Waals surface area contributed by atoms with E-state index < -0.39 is 0 Å². The van der Waals surface area contributed by atoms with E-state index in [9.17, 15) is 4.79 Å². The first-order valence-electron chi connectivity index (χ1n) is 8.61. The molecule has 0 bridgehead atoms. The zero-order valence-corrected chi connectivity index (χ0v) is 16.2. The zero-order chi connectivity index (χ0) is 18.7. The Labute approximate surface area is 163 Å². The van der Waals surface area contributed by atoms with Crippen molar-refractivity contribution in [3.8, 4) is 11.5 Å². The third-order valence-corrected chi connectivity index (χ3v) is 5.00. The first-order chi connectivity index (χ1) is 12.5. The average Bonchev–Trinajstić information content (AvgIpc) is 2.86. The first kappa shape index (κ1) is 18.9. The monoisotopic (exact) mass is 393 g/mol. The first-order valence-corrected chi connectivity index (χ1v) is 9.37. The second-order valence-electron chi connectivity index (χ2n) is 6.58. The lowest BCUT2D eigenvalue weighted by Crippen LogP contribution is -2.31. The van der Waals surface area contributed by atoms with Gasteiger partial charge < -0.3 is 14.8 Å². The lowest BCUT2D eigenvalue weighted by atomic mass is 9.95. The summed E-state index contributed by atoms with van der Waals surface area (Å²) in [4.78, 5) is 12.7. The molecule has 2 aromatic carbocycles. The van der Waals surface area contributed by atoms with Gasteiger partial charge in [-0.3, -0.25) is 4.79 Å². The molecule has 0 saturated heterocycles. The van der Waals surface area contributed by atoms with Crippen molar-refractivity contribution in [2.75, 3.05) is 13.2 Å². The molecule has 26 heavy (non-hydrogen) atoms. The molecule has 1 atom stereocenters. The van der Waals surface area contributed by atoms with Crippen LogP contribution in [0, 0.1) is 5.92 Å². The van der Waals surface area contributed by atoms with Gasteiger partial charge >= 0.3 is 0 Å². The van der Waals surface area contributed by atoms with Crippen molar-refractivity contribution in [1.29, 1.82) is 0 Å². The van der Waals surface area contributed by atoms with E-state index in [2.05, 4.69) is 19.2 Å². The summed E-state index contributed by atoms with van der Waals surface area (Å²) in [6.07, 6.45) is 0.853. The Kier molecular flexibility index (Phi) is 5.94. The minimum Gasteiger partial charge on any atom is -0.490 e. The highest BCUT2D eigenvalue weighted by atomic mass is 35.5. The van der Waals surface area contributed by atoms with Crippen molar-refractivity contribution in [3.63, 3.8) is 0 Å². The number of amides is 1. The fraction of sp³-hybridized carbons (Fsp3) is 0.350. The summed E-state index contributed by atoms with van der Waals surface area (Å²) in [5, 5.41) is 3.86. The summed E-state index contributed by atoms with van der Waals surface area (Å²) in [7, 11) is 0. The lowest BCUT2D eigenvalue weighted by Gasteiger charge is -2.24. The molecule has 1 aliphatic heterocycles. The van der Waals surface area contributed by atoms with E-state index in [1.54, 1.807) is 18.2 Å². The summed E-state index contributed by atoms with van der Waals surface area (Å²) in [6, 6.07) is 10.5. The molecule has 1 N–H and O–H groups in total. The maximum absolute atomic E-state index is 12.7. The van der Waals surface area contributed by atoms with E-state index in [4.69, 9.17) is 32.7 Å². The smallest absolute Gasteiger partial charge is 0.251 e. The molecular weight excluding hydrogens is 373 g/mol. The Morgan fingerprint density at radius 2 is 1.73 bits per heavy atom. The predicted molar refractivity (Wildman–Crippen MR) is 104 cm³/mol. The van der Waals surface area contributed by atoms with Crippen LogP contribution in [0.2, 0.25) is 10.0 Å². The molecule has 0 spiro atoms. The molecule has 1 aliphatic rings. The lowest BCUT2D eigenvalue weighted by molar-refractivity contribution is 0.0925. The molecule has 1 amide bonds. The van der Waals surface area contributed by atoms with Crippen molar-refractivity contribution >= 4 is 29.1 Å². The van der Waals surface area contributed by atoms with Gasteiger partial charge in [0.25, 0.3) is 5.91 Å². The number of halogens is 2. The fourth-order valence-electron chi connectivity index (χ4n) is 2.87. The van der Waals surface area contributed by atoms with E-state index in [0.29, 0.717) is 28.8 Å². The van der Waals surface area contributed by atoms with Gasteiger partial charge in [-0.05, 0) is 41.8 Å². The minimum atomic E-state index is -0.200. The number of hydrogen-bond acceptors (Lipinski definition) is 3. The normalized spacial score (nSPS) is 14.7. The number of nitrogens with one attached hydrogen (secondary N) is 1. The number of ether oxygens (including phenoxy) is 2. The van der Waals surface area contributed by atoms with Crippen molar-refractivity contribution in [1.82, 2.24) is 5.32 Å². The largest absolute Gasteiger partial charge is 0.490 e. The van der Waals surface area contributed by atoms with Crippen LogP contribution in [-0.2, 0) is 0 Å². The highest BCUT2D eigenvalue weighted by Gasteiger charge is 2.22. The maximum atomic E-state index is 12.7. The number of hydrogen-bond donors (Lipinski definition) is 1. The quantitative estimate of drug-likeness (QED) is 0.768. The molecule has 4 nitrogen and oxygen atoms in total. The van der Waals surface area contributed by atoms with Crippen molar-refractivity contribution in [2.45, 2.75) is 26.3 Å². The molecule has 1 heterocycles.